The van der Waals surface area contributed by atoms with Crippen LogP contribution in [0.4, 0.5) is 0 Å². The van der Waals surface area contributed by atoms with Gasteiger partial charge in [0.15, 0.2) is 5.16 Å². The van der Waals surface area contributed by atoms with Crippen molar-refractivity contribution < 1.29 is 9.21 Å². The van der Waals surface area contributed by atoms with Crippen LogP contribution in [0.15, 0.2) is 70.4 Å². The Morgan fingerprint density at radius 3 is 2.93 bits per heavy atom. The predicted octanol–water partition coefficient (Wildman–Crippen LogP) is 5.04. The smallest absolute Gasteiger partial charge is 0.251 e. The number of carbonyl (C=O) groups is 1. The average Bonchev–Trinajstić information content (AvgIpc) is 3.32. The summed E-state index contributed by atoms with van der Waals surface area (Å²) in [7, 11) is 1.99. The van der Waals surface area contributed by atoms with Gasteiger partial charge in [0.05, 0.1) is 23.8 Å². The van der Waals surface area contributed by atoms with Gasteiger partial charge in [-0.25, -0.2) is 4.98 Å². The zero-order valence-corrected chi connectivity index (χ0v) is 16.8. The van der Waals surface area contributed by atoms with E-state index in [1.807, 2.05) is 55.6 Å². The molecule has 4 rings (SSSR count). The van der Waals surface area contributed by atoms with Crippen molar-refractivity contribution in [2.24, 2.45) is 7.05 Å². The number of nitrogens with zero attached hydrogens (tertiary/aromatic N) is 2. The van der Waals surface area contributed by atoms with Crippen LogP contribution in [0.2, 0.25) is 5.02 Å². The fraction of sp³-hybridized carbons (Fsp3) is 0.143. The van der Waals surface area contributed by atoms with E-state index in [2.05, 4.69) is 14.9 Å². The van der Waals surface area contributed by atoms with E-state index in [0.717, 1.165) is 27.5 Å². The Morgan fingerprint density at radius 2 is 2.11 bits per heavy atom. The lowest BCUT2D eigenvalue weighted by Gasteiger charge is -2.06. The number of nitrogens with one attached hydrogen (secondary N) is 1. The monoisotopic (exact) mass is 411 g/mol. The number of carbonyl (C=O) groups excluding carboxylic acids is 1. The maximum absolute atomic E-state index is 12.4. The molecule has 0 atom stereocenters. The zero-order chi connectivity index (χ0) is 19.5. The normalized spacial score (nSPS) is 11.1. The van der Waals surface area contributed by atoms with Crippen LogP contribution in [0.3, 0.4) is 0 Å². The predicted molar refractivity (Wildman–Crippen MR) is 112 cm³/mol. The van der Waals surface area contributed by atoms with E-state index in [4.69, 9.17) is 16.0 Å². The molecule has 7 heteroatoms. The van der Waals surface area contributed by atoms with Gasteiger partial charge < -0.3 is 14.3 Å². The van der Waals surface area contributed by atoms with Crippen LogP contribution in [-0.4, -0.2) is 15.5 Å². The molecule has 142 valence electrons. The van der Waals surface area contributed by atoms with Crippen LogP contribution in [0.25, 0.3) is 11.0 Å². The molecule has 0 saturated carbocycles. The summed E-state index contributed by atoms with van der Waals surface area (Å²) in [4.78, 5) is 17.0. The van der Waals surface area contributed by atoms with Gasteiger partial charge in [0, 0.05) is 23.4 Å². The Bertz CT molecular complexity index is 1120. The SMILES string of the molecule is Cn1c(SCc2cccc(C(=O)NCc3ccco3)c2)nc2cc(Cl)ccc21. The molecule has 0 saturated heterocycles. The third kappa shape index (κ3) is 4.08. The van der Waals surface area contributed by atoms with Gasteiger partial charge in [0.25, 0.3) is 5.91 Å². The molecule has 5 nitrogen and oxygen atoms in total. The van der Waals surface area contributed by atoms with Crippen molar-refractivity contribution >= 4 is 40.3 Å². The van der Waals surface area contributed by atoms with E-state index >= 15 is 0 Å². The first-order valence-electron chi connectivity index (χ1n) is 8.74. The molecule has 4 aromatic rings. The van der Waals surface area contributed by atoms with Gasteiger partial charge >= 0.3 is 0 Å². The quantitative estimate of drug-likeness (QED) is 0.451. The number of amides is 1. The van der Waals surface area contributed by atoms with Crippen molar-refractivity contribution in [2.45, 2.75) is 17.5 Å². The highest BCUT2D eigenvalue weighted by Crippen LogP contribution is 2.27. The van der Waals surface area contributed by atoms with Crippen LogP contribution >= 0.6 is 23.4 Å². The molecule has 1 N–H and O–H groups in total. The van der Waals surface area contributed by atoms with Crippen LogP contribution in [0.1, 0.15) is 21.7 Å². The van der Waals surface area contributed by atoms with Crippen molar-refractivity contribution in [3.8, 4) is 0 Å². The number of hydrogen-bond donors (Lipinski definition) is 1. The lowest BCUT2D eigenvalue weighted by atomic mass is 10.1. The number of aryl methyl sites for hydroxylation is 1. The maximum atomic E-state index is 12.4. The summed E-state index contributed by atoms with van der Waals surface area (Å²) in [5.41, 5.74) is 3.60. The van der Waals surface area contributed by atoms with Gasteiger partial charge in [-0.3, -0.25) is 4.79 Å². The summed E-state index contributed by atoms with van der Waals surface area (Å²) in [5.74, 6) is 1.31. The largest absolute Gasteiger partial charge is 0.467 e. The molecule has 2 aromatic heterocycles. The third-order valence-corrected chi connectivity index (χ3v) is 5.70. The fourth-order valence-electron chi connectivity index (χ4n) is 2.91. The lowest BCUT2D eigenvalue weighted by Crippen LogP contribution is -2.22. The summed E-state index contributed by atoms with van der Waals surface area (Å²) in [6, 6.07) is 17.0. The number of imidazole rings is 1. The van der Waals surface area contributed by atoms with Gasteiger partial charge in [0.1, 0.15) is 5.76 Å². The number of aromatic nitrogens is 2. The van der Waals surface area contributed by atoms with Crippen molar-refractivity contribution in [3.05, 3.63) is 82.8 Å². The molecule has 2 heterocycles. The number of rotatable bonds is 6. The molecule has 0 spiro atoms. The van der Waals surface area contributed by atoms with E-state index < -0.39 is 0 Å². The maximum Gasteiger partial charge on any atom is 0.251 e. The second kappa shape index (κ2) is 8.12. The standard InChI is InChI=1S/C21H18ClN3O2S/c1-25-19-8-7-16(22)11-18(19)24-21(25)28-13-14-4-2-5-15(10-14)20(26)23-12-17-6-3-9-27-17/h2-11H,12-13H2,1H3,(H,23,26). The van der Waals surface area contributed by atoms with E-state index in [1.165, 1.54) is 0 Å². The van der Waals surface area contributed by atoms with Crippen molar-refractivity contribution in [2.75, 3.05) is 0 Å². The summed E-state index contributed by atoms with van der Waals surface area (Å²) in [6.07, 6.45) is 1.59. The van der Waals surface area contributed by atoms with Gasteiger partial charge in [-0.2, -0.15) is 0 Å². The van der Waals surface area contributed by atoms with Crippen LogP contribution in [0, 0.1) is 0 Å². The molecule has 28 heavy (non-hydrogen) atoms. The second-order valence-electron chi connectivity index (χ2n) is 6.34. The lowest BCUT2D eigenvalue weighted by molar-refractivity contribution is 0.0948. The minimum Gasteiger partial charge on any atom is -0.467 e. The number of fused-ring (bicyclic) bond motifs is 1. The fourth-order valence-corrected chi connectivity index (χ4v) is 4.01. The number of hydrogen-bond acceptors (Lipinski definition) is 4. The number of furan rings is 1. The van der Waals surface area contributed by atoms with Gasteiger partial charge in [-0.05, 0) is 48.0 Å². The molecule has 2 aromatic carbocycles. The minimum atomic E-state index is -0.124. The summed E-state index contributed by atoms with van der Waals surface area (Å²) in [5, 5.41) is 4.45. The molecule has 0 bridgehead atoms. The molecule has 0 radical (unpaired) electrons. The highest BCUT2D eigenvalue weighted by atomic mass is 35.5. The number of benzene rings is 2. The van der Waals surface area contributed by atoms with Crippen molar-refractivity contribution in [1.29, 1.82) is 0 Å². The highest BCUT2D eigenvalue weighted by molar-refractivity contribution is 7.98. The summed E-state index contributed by atoms with van der Waals surface area (Å²) >= 11 is 7.68. The van der Waals surface area contributed by atoms with E-state index in [9.17, 15) is 4.79 Å². The molecular formula is C21H18ClN3O2S. The number of halogens is 1. The average molecular weight is 412 g/mol. The third-order valence-electron chi connectivity index (χ3n) is 4.36. The minimum absolute atomic E-state index is 0.124. The highest BCUT2D eigenvalue weighted by Gasteiger charge is 2.11. The molecule has 1 amide bonds. The topological polar surface area (TPSA) is 60.1 Å². The van der Waals surface area contributed by atoms with Gasteiger partial charge in [0.2, 0.25) is 0 Å². The molecule has 0 fully saturated rings. The van der Waals surface area contributed by atoms with Gasteiger partial charge in [-0.1, -0.05) is 35.5 Å². The first-order chi connectivity index (χ1) is 13.6. The summed E-state index contributed by atoms with van der Waals surface area (Å²) in [6.45, 7) is 0.368. The molecule has 0 unspecified atom stereocenters. The zero-order valence-electron chi connectivity index (χ0n) is 15.2. The molecular weight excluding hydrogens is 394 g/mol. The molecule has 0 aliphatic heterocycles. The molecule has 0 aliphatic carbocycles. The van der Waals surface area contributed by atoms with E-state index in [-0.39, 0.29) is 5.91 Å². The Morgan fingerprint density at radius 1 is 1.21 bits per heavy atom. The first-order valence-corrected chi connectivity index (χ1v) is 10.1. The van der Waals surface area contributed by atoms with Gasteiger partial charge in [-0.15, -0.1) is 0 Å². The Balaban J connectivity index is 1.43. The Hall–Kier alpha value is -2.70. The van der Waals surface area contributed by atoms with Crippen LogP contribution < -0.4 is 5.32 Å². The van der Waals surface area contributed by atoms with Crippen LogP contribution in [0.5, 0.6) is 0 Å². The Kier molecular flexibility index (Phi) is 5.41. The first kappa shape index (κ1) is 18.7. The number of thioether (sulfide) groups is 1. The summed E-state index contributed by atoms with van der Waals surface area (Å²) < 4.78 is 7.29. The molecule has 0 aliphatic rings. The van der Waals surface area contributed by atoms with E-state index in [1.54, 1.807) is 24.1 Å². The van der Waals surface area contributed by atoms with Crippen molar-refractivity contribution in [3.63, 3.8) is 0 Å². The van der Waals surface area contributed by atoms with Crippen molar-refractivity contribution in [1.82, 2.24) is 14.9 Å². The van der Waals surface area contributed by atoms with E-state index in [0.29, 0.717) is 22.9 Å². The Labute approximate surface area is 171 Å². The second-order valence-corrected chi connectivity index (χ2v) is 7.72. The van der Waals surface area contributed by atoms with Crippen LogP contribution in [-0.2, 0) is 19.3 Å².